The fourth-order valence-corrected chi connectivity index (χ4v) is 4.63. The molecule has 2 aromatic carbocycles. The molecule has 1 aliphatic rings. The fraction of sp³-hybridized carbons (Fsp3) is 0.235. The van der Waals surface area contributed by atoms with Crippen molar-refractivity contribution < 1.29 is 22.3 Å². The Morgan fingerprint density at radius 3 is 2.44 bits per heavy atom. The van der Waals surface area contributed by atoms with E-state index in [-0.39, 0.29) is 39.3 Å². The summed E-state index contributed by atoms with van der Waals surface area (Å²) in [6, 6.07) is 7.70. The van der Waals surface area contributed by atoms with Gasteiger partial charge in [0.15, 0.2) is 0 Å². The summed E-state index contributed by atoms with van der Waals surface area (Å²) in [6.07, 6.45) is 0. The average Bonchev–Trinajstić information content (AvgIpc) is 2.65. The number of nitrogens with zero attached hydrogens (tertiary/aromatic N) is 1. The molecule has 0 atom stereocenters. The normalized spacial score (nSPS) is 15.5. The molecule has 1 amide bonds. The highest BCUT2D eigenvalue weighted by atomic mass is 35.5. The van der Waals surface area contributed by atoms with E-state index in [1.165, 1.54) is 34.6 Å². The summed E-state index contributed by atoms with van der Waals surface area (Å²) in [4.78, 5) is 12.3. The second-order valence-corrected chi connectivity index (χ2v) is 8.47. The van der Waals surface area contributed by atoms with Crippen LogP contribution in [0.15, 0.2) is 41.3 Å². The monoisotopic (exact) mass is 432 g/mol. The summed E-state index contributed by atoms with van der Waals surface area (Å²) in [7, 11) is -3.86. The molecule has 1 saturated heterocycles. The molecule has 0 spiro atoms. The highest BCUT2D eigenvalue weighted by molar-refractivity contribution is 7.89. The Hall–Kier alpha value is -1.71. The minimum atomic E-state index is -3.86. The van der Waals surface area contributed by atoms with Crippen LogP contribution in [0, 0.1) is 5.82 Å². The zero-order valence-corrected chi connectivity index (χ0v) is 16.2. The van der Waals surface area contributed by atoms with Crippen molar-refractivity contribution in [2.75, 3.05) is 31.6 Å². The van der Waals surface area contributed by atoms with Crippen LogP contribution in [0.4, 0.5) is 10.1 Å². The largest absolute Gasteiger partial charge is 0.379 e. The predicted octanol–water partition coefficient (Wildman–Crippen LogP) is 3.41. The number of carbonyl (C=O) groups is 1. The maximum absolute atomic E-state index is 13.2. The third kappa shape index (κ3) is 4.41. The quantitative estimate of drug-likeness (QED) is 0.802. The van der Waals surface area contributed by atoms with Crippen molar-refractivity contribution in [1.29, 1.82) is 0 Å². The molecule has 1 fully saturated rings. The topological polar surface area (TPSA) is 75.7 Å². The van der Waals surface area contributed by atoms with Crippen LogP contribution < -0.4 is 5.32 Å². The van der Waals surface area contributed by atoms with E-state index in [4.69, 9.17) is 27.9 Å². The second kappa shape index (κ2) is 8.12. The third-order valence-corrected chi connectivity index (χ3v) is 6.63. The molecule has 27 heavy (non-hydrogen) atoms. The van der Waals surface area contributed by atoms with E-state index in [9.17, 15) is 17.6 Å². The van der Waals surface area contributed by atoms with Crippen molar-refractivity contribution in [3.05, 3.63) is 57.8 Å². The van der Waals surface area contributed by atoms with E-state index in [0.29, 0.717) is 13.2 Å². The van der Waals surface area contributed by atoms with Crippen LogP contribution in [0.2, 0.25) is 10.0 Å². The van der Waals surface area contributed by atoms with Gasteiger partial charge >= 0.3 is 0 Å². The van der Waals surface area contributed by atoms with Crippen LogP contribution in [0.5, 0.6) is 0 Å². The van der Waals surface area contributed by atoms with E-state index in [2.05, 4.69) is 5.32 Å². The summed E-state index contributed by atoms with van der Waals surface area (Å²) in [5, 5.41) is 2.42. The van der Waals surface area contributed by atoms with Gasteiger partial charge in [0.1, 0.15) is 10.7 Å². The van der Waals surface area contributed by atoms with E-state index in [0.717, 1.165) is 6.07 Å². The van der Waals surface area contributed by atoms with Crippen molar-refractivity contribution in [2.24, 2.45) is 0 Å². The number of rotatable bonds is 4. The van der Waals surface area contributed by atoms with Crippen molar-refractivity contribution in [3.63, 3.8) is 0 Å². The first kappa shape index (κ1) is 20.0. The number of hydrogen-bond acceptors (Lipinski definition) is 4. The summed E-state index contributed by atoms with van der Waals surface area (Å²) in [5.41, 5.74) is 0.366. The lowest BCUT2D eigenvalue weighted by Crippen LogP contribution is -2.40. The molecular formula is C17H15Cl2FN2O4S. The second-order valence-electron chi connectivity index (χ2n) is 5.74. The molecule has 6 nitrogen and oxygen atoms in total. The fourth-order valence-electron chi connectivity index (χ4n) is 2.55. The lowest BCUT2D eigenvalue weighted by Gasteiger charge is -2.26. The molecule has 10 heteroatoms. The van der Waals surface area contributed by atoms with Gasteiger partial charge in [-0.3, -0.25) is 4.79 Å². The lowest BCUT2D eigenvalue weighted by molar-refractivity contribution is 0.0730. The Morgan fingerprint density at radius 2 is 1.78 bits per heavy atom. The summed E-state index contributed by atoms with van der Waals surface area (Å²) < 4.78 is 45.3. The maximum atomic E-state index is 13.2. The van der Waals surface area contributed by atoms with Crippen LogP contribution in [-0.4, -0.2) is 44.9 Å². The first-order valence-corrected chi connectivity index (χ1v) is 10.1. The van der Waals surface area contributed by atoms with Gasteiger partial charge in [0.05, 0.1) is 23.3 Å². The van der Waals surface area contributed by atoms with Gasteiger partial charge in [-0.2, -0.15) is 4.31 Å². The van der Waals surface area contributed by atoms with Gasteiger partial charge in [-0.15, -0.1) is 0 Å². The molecule has 1 N–H and O–H groups in total. The number of morpholine rings is 1. The van der Waals surface area contributed by atoms with Gasteiger partial charge in [-0.25, -0.2) is 12.8 Å². The number of ether oxygens (including phenoxy) is 1. The van der Waals surface area contributed by atoms with Crippen molar-refractivity contribution in [1.82, 2.24) is 4.31 Å². The van der Waals surface area contributed by atoms with E-state index in [1.54, 1.807) is 0 Å². The highest BCUT2D eigenvalue weighted by Gasteiger charge is 2.29. The zero-order chi connectivity index (χ0) is 19.6. The minimum absolute atomic E-state index is 0.0165. The first-order chi connectivity index (χ1) is 12.8. The number of sulfonamides is 1. The Balaban J connectivity index is 1.88. The van der Waals surface area contributed by atoms with Crippen LogP contribution in [0.25, 0.3) is 0 Å². The van der Waals surface area contributed by atoms with E-state index < -0.39 is 21.7 Å². The SMILES string of the molecule is O=C(Nc1ccc(F)c(Cl)c1)c1ccc(Cl)c(S(=O)(=O)N2CCOCC2)c1. The van der Waals surface area contributed by atoms with Crippen LogP contribution >= 0.6 is 23.2 Å². The Morgan fingerprint density at radius 1 is 1.07 bits per heavy atom. The van der Waals surface area contributed by atoms with E-state index >= 15 is 0 Å². The van der Waals surface area contributed by atoms with Crippen molar-refractivity contribution in [2.45, 2.75) is 4.90 Å². The smallest absolute Gasteiger partial charge is 0.255 e. The number of benzene rings is 2. The van der Waals surface area contributed by atoms with Gasteiger partial charge in [0.25, 0.3) is 5.91 Å². The first-order valence-electron chi connectivity index (χ1n) is 7.93. The number of halogens is 3. The van der Waals surface area contributed by atoms with Crippen molar-refractivity contribution in [3.8, 4) is 0 Å². The molecule has 0 radical (unpaired) electrons. The van der Waals surface area contributed by atoms with Crippen LogP contribution in [0.3, 0.4) is 0 Å². The summed E-state index contributed by atoms with van der Waals surface area (Å²) in [6.45, 7) is 1.01. The predicted molar refractivity (Wildman–Crippen MR) is 100 cm³/mol. The van der Waals surface area contributed by atoms with Crippen molar-refractivity contribution >= 4 is 44.8 Å². The molecule has 2 aromatic rings. The lowest BCUT2D eigenvalue weighted by atomic mass is 10.2. The third-order valence-electron chi connectivity index (χ3n) is 3.96. The molecule has 0 unspecified atom stereocenters. The van der Waals surface area contributed by atoms with Gasteiger partial charge in [0, 0.05) is 24.3 Å². The molecule has 0 aromatic heterocycles. The maximum Gasteiger partial charge on any atom is 0.255 e. The molecule has 0 saturated carbocycles. The van der Waals surface area contributed by atoms with Crippen LogP contribution in [0.1, 0.15) is 10.4 Å². The zero-order valence-electron chi connectivity index (χ0n) is 13.9. The highest BCUT2D eigenvalue weighted by Crippen LogP contribution is 2.27. The average molecular weight is 433 g/mol. The van der Waals surface area contributed by atoms with Crippen LogP contribution in [-0.2, 0) is 14.8 Å². The summed E-state index contributed by atoms with van der Waals surface area (Å²) in [5.74, 6) is -1.19. The number of amides is 1. The number of carbonyl (C=O) groups excluding carboxylic acids is 1. The molecular weight excluding hydrogens is 418 g/mol. The Labute approximate surface area is 165 Å². The summed E-state index contributed by atoms with van der Waals surface area (Å²) >= 11 is 11.8. The number of nitrogens with one attached hydrogen (secondary N) is 1. The number of anilines is 1. The van der Waals surface area contributed by atoms with Gasteiger partial charge in [-0.05, 0) is 36.4 Å². The Kier molecular flexibility index (Phi) is 6.02. The Bertz CT molecular complexity index is 979. The molecule has 0 aliphatic carbocycles. The molecule has 1 heterocycles. The number of hydrogen-bond donors (Lipinski definition) is 1. The van der Waals surface area contributed by atoms with Gasteiger partial charge < -0.3 is 10.1 Å². The molecule has 144 valence electrons. The molecule has 0 bridgehead atoms. The molecule has 1 aliphatic heterocycles. The van der Waals surface area contributed by atoms with Gasteiger partial charge in [0.2, 0.25) is 10.0 Å². The van der Waals surface area contributed by atoms with E-state index in [1.807, 2.05) is 0 Å². The minimum Gasteiger partial charge on any atom is -0.379 e. The standard InChI is InChI=1S/C17H15Cl2FN2O4S/c18-13-3-1-11(17(23)21-12-2-4-15(20)14(19)10-12)9-16(13)27(24,25)22-5-7-26-8-6-22/h1-4,9-10H,5-8H2,(H,21,23). The molecule has 3 rings (SSSR count). The van der Waals surface area contributed by atoms with Gasteiger partial charge in [-0.1, -0.05) is 23.2 Å².